The van der Waals surface area contributed by atoms with Crippen LogP contribution in [0.2, 0.25) is 0 Å². The van der Waals surface area contributed by atoms with Crippen LogP contribution in [0, 0.1) is 6.92 Å². The van der Waals surface area contributed by atoms with Gasteiger partial charge in [0.2, 0.25) is 0 Å². The van der Waals surface area contributed by atoms with E-state index in [4.69, 9.17) is 0 Å². The molecular formula is C6H8BrN. The summed E-state index contributed by atoms with van der Waals surface area (Å²) in [7, 11) is 2.03. The van der Waals surface area contributed by atoms with Crippen LogP contribution in [-0.4, -0.2) is 4.57 Å². The highest BCUT2D eigenvalue weighted by atomic mass is 79.9. The largest absolute Gasteiger partial charge is 0.343 e. The zero-order valence-corrected chi connectivity index (χ0v) is 6.57. The molecule has 1 nitrogen and oxygen atoms in total. The summed E-state index contributed by atoms with van der Waals surface area (Å²) in [5.41, 5.74) is 1.27. The highest BCUT2D eigenvalue weighted by Crippen LogP contribution is 2.11. The monoisotopic (exact) mass is 173 g/mol. The summed E-state index contributed by atoms with van der Waals surface area (Å²) in [5.74, 6) is 0. The number of halogens is 1. The van der Waals surface area contributed by atoms with Crippen molar-refractivity contribution in [1.29, 1.82) is 0 Å². The molecule has 1 rings (SSSR count). The zero-order chi connectivity index (χ0) is 6.15. The molecule has 0 bridgehead atoms. The summed E-state index contributed by atoms with van der Waals surface area (Å²) in [4.78, 5) is 0. The first-order valence-electron chi connectivity index (χ1n) is 2.49. The number of hydrogen-bond donors (Lipinski definition) is 0. The fraction of sp³-hybridized carbons (Fsp3) is 0.333. The molecule has 0 unspecified atom stereocenters. The van der Waals surface area contributed by atoms with Crippen molar-refractivity contribution in [2.24, 2.45) is 7.05 Å². The predicted molar refractivity (Wildman–Crippen MR) is 37.9 cm³/mol. The Morgan fingerprint density at radius 3 is 2.25 bits per heavy atom. The molecule has 0 saturated carbocycles. The van der Waals surface area contributed by atoms with Crippen molar-refractivity contribution in [1.82, 2.24) is 4.57 Å². The smallest absolute Gasteiger partial charge is 0.0845 e. The molecule has 0 aliphatic carbocycles. The van der Waals surface area contributed by atoms with Crippen LogP contribution < -0.4 is 0 Å². The first-order chi connectivity index (χ1) is 3.72. The number of aryl methyl sites for hydroxylation is 1. The third kappa shape index (κ3) is 0.802. The fourth-order valence-electron chi connectivity index (χ4n) is 0.581. The molecule has 0 fully saturated rings. The summed E-state index contributed by atoms with van der Waals surface area (Å²) in [6, 6.07) is 4.11. The molecule has 0 aliphatic heterocycles. The Kier molecular flexibility index (Phi) is 1.43. The Labute approximate surface area is 57.4 Å². The number of nitrogens with zero attached hydrogens (tertiary/aromatic N) is 1. The predicted octanol–water partition coefficient (Wildman–Crippen LogP) is 2.10. The quantitative estimate of drug-likeness (QED) is 0.567. The van der Waals surface area contributed by atoms with E-state index in [0.717, 1.165) is 4.60 Å². The summed E-state index contributed by atoms with van der Waals surface area (Å²) >= 11 is 3.38. The first kappa shape index (κ1) is 5.89. The van der Waals surface area contributed by atoms with Gasteiger partial charge in [-0.1, -0.05) is 0 Å². The fourth-order valence-corrected chi connectivity index (χ4v) is 0.993. The average molecular weight is 174 g/mol. The maximum atomic E-state index is 3.38. The van der Waals surface area contributed by atoms with Gasteiger partial charge in [-0.2, -0.15) is 0 Å². The highest BCUT2D eigenvalue weighted by molar-refractivity contribution is 9.10. The van der Waals surface area contributed by atoms with Gasteiger partial charge >= 0.3 is 0 Å². The Morgan fingerprint density at radius 1 is 1.50 bits per heavy atom. The maximum absolute atomic E-state index is 3.38. The van der Waals surface area contributed by atoms with E-state index >= 15 is 0 Å². The Bertz CT molecular complexity index is 171. The second-order valence-electron chi connectivity index (χ2n) is 1.86. The van der Waals surface area contributed by atoms with Gasteiger partial charge in [0.05, 0.1) is 4.60 Å². The molecule has 2 heteroatoms. The van der Waals surface area contributed by atoms with Crippen LogP contribution in [0.1, 0.15) is 5.69 Å². The van der Waals surface area contributed by atoms with Gasteiger partial charge in [0.15, 0.2) is 0 Å². The van der Waals surface area contributed by atoms with E-state index < -0.39 is 0 Å². The van der Waals surface area contributed by atoms with Crippen LogP contribution in [0.15, 0.2) is 16.7 Å². The van der Waals surface area contributed by atoms with Crippen LogP contribution in [0.5, 0.6) is 0 Å². The van der Waals surface area contributed by atoms with Crippen molar-refractivity contribution in [2.45, 2.75) is 6.92 Å². The molecule has 1 heterocycles. The van der Waals surface area contributed by atoms with Gasteiger partial charge in [-0.05, 0) is 35.0 Å². The van der Waals surface area contributed by atoms with E-state index in [1.165, 1.54) is 5.69 Å². The Morgan fingerprint density at radius 2 is 2.12 bits per heavy atom. The molecule has 0 amide bonds. The van der Waals surface area contributed by atoms with Crippen LogP contribution in [-0.2, 0) is 7.05 Å². The van der Waals surface area contributed by atoms with E-state index in [1.54, 1.807) is 0 Å². The van der Waals surface area contributed by atoms with Crippen LogP contribution >= 0.6 is 15.9 Å². The van der Waals surface area contributed by atoms with E-state index in [2.05, 4.69) is 33.5 Å². The second kappa shape index (κ2) is 1.94. The molecule has 8 heavy (non-hydrogen) atoms. The lowest BCUT2D eigenvalue weighted by Gasteiger charge is -1.94. The van der Waals surface area contributed by atoms with Crippen molar-refractivity contribution < 1.29 is 0 Å². The molecule has 0 aliphatic rings. The molecule has 0 saturated heterocycles. The van der Waals surface area contributed by atoms with Crippen LogP contribution in [0.3, 0.4) is 0 Å². The third-order valence-corrected chi connectivity index (χ3v) is 2.11. The molecule has 0 atom stereocenters. The topological polar surface area (TPSA) is 4.93 Å². The van der Waals surface area contributed by atoms with E-state index in [-0.39, 0.29) is 0 Å². The van der Waals surface area contributed by atoms with Gasteiger partial charge in [-0.15, -0.1) is 0 Å². The maximum Gasteiger partial charge on any atom is 0.0845 e. The summed E-state index contributed by atoms with van der Waals surface area (Å²) in [6.45, 7) is 2.07. The number of hydrogen-bond acceptors (Lipinski definition) is 0. The van der Waals surface area contributed by atoms with Crippen molar-refractivity contribution in [3.05, 3.63) is 22.4 Å². The van der Waals surface area contributed by atoms with E-state index in [9.17, 15) is 0 Å². The van der Waals surface area contributed by atoms with Gasteiger partial charge < -0.3 is 4.57 Å². The molecule has 0 spiro atoms. The number of rotatable bonds is 0. The summed E-state index contributed by atoms with van der Waals surface area (Å²) in [6.07, 6.45) is 0. The van der Waals surface area contributed by atoms with Gasteiger partial charge in [0.1, 0.15) is 0 Å². The third-order valence-electron chi connectivity index (χ3n) is 1.31. The van der Waals surface area contributed by atoms with Crippen molar-refractivity contribution >= 4 is 15.9 Å². The van der Waals surface area contributed by atoms with Crippen LogP contribution in [0.25, 0.3) is 0 Å². The molecule has 1 aromatic heterocycles. The summed E-state index contributed by atoms with van der Waals surface area (Å²) in [5, 5.41) is 0. The molecular weight excluding hydrogens is 166 g/mol. The minimum absolute atomic E-state index is 1.13. The summed E-state index contributed by atoms with van der Waals surface area (Å²) < 4.78 is 3.22. The minimum atomic E-state index is 1.13. The van der Waals surface area contributed by atoms with E-state index in [1.807, 2.05) is 13.1 Å². The van der Waals surface area contributed by atoms with Gasteiger partial charge in [0, 0.05) is 12.7 Å². The lowest BCUT2D eigenvalue weighted by molar-refractivity contribution is 0.860. The molecule has 0 aromatic carbocycles. The van der Waals surface area contributed by atoms with Crippen LogP contribution in [0.4, 0.5) is 0 Å². The second-order valence-corrected chi connectivity index (χ2v) is 2.67. The van der Waals surface area contributed by atoms with Crippen molar-refractivity contribution in [2.75, 3.05) is 0 Å². The lowest BCUT2D eigenvalue weighted by Crippen LogP contribution is -1.88. The van der Waals surface area contributed by atoms with E-state index in [0.29, 0.717) is 0 Å². The minimum Gasteiger partial charge on any atom is -0.343 e. The molecule has 1 aromatic rings. The Hall–Kier alpha value is -0.240. The highest BCUT2D eigenvalue weighted by Gasteiger charge is 1.92. The standard InChI is InChI=1S/C6H8BrN/c1-5-3-4-6(7)8(5)2/h3-4H,1-2H3. The molecule has 0 N–H and O–H groups in total. The van der Waals surface area contributed by atoms with Gasteiger partial charge in [0.25, 0.3) is 0 Å². The SMILES string of the molecule is Cc1ccc(Br)n1C. The molecule has 44 valence electrons. The Balaban J connectivity index is 3.19. The number of aromatic nitrogens is 1. The molecule has 0 radical (unpaired) electrons. The average Bonchev–Trinajstić information content (AvgIpc) is 1.98. The normalized spacial score (nSPS) is 9.88. The van der Waals surface area contributed by atoms with Gasteiger partial charge in [-0.25, -0.2) is 0 Å². The lowest BCUT2D eigenvalue weighted by atomic mass is 10.5. The zero-order valence-electron chi connectivity index (χ0n) is 4.98. The first-order valence-corrected chi connectivity index (χ1v) is 3.29. The van der Waals surface area contributed by atoms with Crippen molar-refractivity contribution in [3.8, 4) is 0 Å². The van der Waals surface area contributed by atoms with Gasteiger partial charge in [-0.3, -0.25) is 0 Å². The van der Waals surface area contributed by atoms with Crippen molar-refractivity contribution in [3.63, 3.8) is 0 Å².